The third-order valence-corrected chi connectivity index (χ3v) is 5.16. The maximum atomic E-state index is 13.8. The standard InChI is InChI=1S/C23H16F3N7O2/c1-12-19(20(23(24,25)26)32-33(12)11-14-6-4-5-13(10-27)29-14)31-22(35)18-9-16(21(28)34)15-7-2-3-8-17(15)30-18/h2-9H,11H2,1H3,(H2,28,34)(H,31,35). The Bertz CT molecular complexity index is 1520. The van der Waals surface area contributed by atoms with E-state index in [1.807, 2.05) is 6.07 Å². The molecule has 12 heteroatoms. The Hall–Kier alpha value is -4.79. The van der Waals surface area contributed by atoms with Crippen molar-refractivity contribution >= 4 is 28.4 Å². The van der Waals surface area contributed by atoms with Gasteiger partial charge in [0.15, 0.2) is 5.69 Å². The second-order valence-corrected chi connectivity index (χ2v) is 7.48. The number of primary amides is 1. The van der Waals surface area contributed by atoms with Gasteiger partial charge in [0.2, 0.25) is 5.91 Å². The van der Waals surface area contributed by atoms with Crippen LogP contribution >= 0.6 is 0 Å². The van der Waals surface area contributed by atoms with Gasteiger partial charge in [-0.05, 0) is 31.2 Å². The van der Waals surface area contributed by atoms with E-state index in [1.165, 1.54) is 19.1 Å². The number of benzene rings is 1. The van der Waals surface area contributed by atoms with Crippen molar-refractivity contribution in [2.45, 2.75) is 19.6 Å². The minimum atomic E-state index is -4.88. The van der Waals surface area contributed by atoms with Crippen LogP contribution in [0.3, 0.4) is 0 Å². The summed E-state index contributed by atoms with van der Waals surface area (Å²) in [5.74, 6) is -1.79. The number of para-hydroxylation sites is 1. The van der Waals surface area contributed by atoms with Gasteiger partial charge < -0.3 is 11.1 Å². The number of rotatable bonds is 5. The maximum absolute atomic E-state index is 13.8. The minimum absolute atomic E-state index is 0.00532. The Labute approximate surface area is 196 Å². The monoisotopic (exact) mass is 479 g/mol. The Kier molecular flexibility index (Phi) is 5.92. The fourth-order valence-corrected chi connectivity index (χ4v) is 3.50. The number of fused-ring (bicyclic) bond motifs is 1. The molecule has 0 bridgehead atoms. The van der Waals surface area contributed by atoms with Crippen molar-refractivity contribution in [3.63, 3.8) is 0 Å². The molecule has 4 rings (SSSR count). The summed E-state index contributed by atoms with van der Waals surface area (Å²) in [7, 11) is 0. The average Bonchev–Trinajstić information content (AvgIpc) is 3.13. The summed E-state index contributed by atoms with van der Waals surface area (Å²) < 4.78 is 42.3. The predicted molar refractivity (Wildman–Crippen MR) is 118 cm³/mol. The van der Waals surface area contributed by atoms with Crippen LogP contribution in [0, 0.1) is 18.3 Å². The molecule has 0 saturated carbocycles. The zero-order chi connectivity index (χ0) is 25.3. The first-order valence-corrected chi connectivity index (χ1v) is 10.1. The number of alkyl halides is 3. The summed E-state index contributed by atoms with van der Waals surface area (Å²) in [6, 6.07) is 14.0. The first-order chi connectivity index (χ1) is 16.6. The number of aromatic nitrogens is 4. The molecule has 1 aromatic carbocycles. The molecule has 176 valence electrons. The zero-order valence-corrected chi connectivity index (χ0v) is 18.1. The van der Waals surface area contributed by atoms with Crippen molar-refractivity contribution in [1.82, 2.24) is 19.7 Å². The number of halogens is 3. The van der Waals surface area contributed by atoms with Gasteiger partial charge in [-0.2, -0.15) is 23.5 Å². The normalized spacial score (nSPS) is 11.3. The lowest BCUT2D eigenvalue weighted by atomic mass is 10.1. The van der Waals surface area contributed by atoms with Gasteiger partial charge in [-0.25, -0.2) is 9.97 Å². The van der Waals surface area contributed by atoms with Crippen molar-refractivity contribution in [1.29, 1.82) is 5.26 Å². The number of nitrogens with zero attached hydrogens (tertiary/aromatic N) is 5. The van der Waals surface area contributed by atoms with E-state index in [0.717, 1.165) is 10.7 Å². The molecule has 0 unspecified atom stereocenters. The number of carbonyl (C=O) groups is 2. The number of carbonyl (C=O) groups excluding carboxylic acids is 2. The maximum Gasteiger partial charge on any atom is 0.437 e. The van der Waals surface area contributed by atoms with Crippen LogP contribution in [-0.2, 0) is 12.7 Å². The van der Waals surface area contributed by atoms with Gasteiger partial charge >= 0.3 is 6.18 Å². The molecule has 0 spiro atoms. The number of nitriles is 1. The molecule has 0 atom stereocenters. The predicted octanol–water partition coefficient (Wildman–Crippen LogP) is 3.42. The lowest BCUT2D eigenvalue weighted by Gasteiger charge is -2.10. The third kappa shape index (κ3) is 4.65. The quantitative estimate of drug-likeness (QED) is 0.450. The average molecular weight is 479 g/mol. The molecular formula is C23H16F3N7O2. The van der Waals surface area contributed by atoms with Crippen LogP contribution in [-0.4, -0.2) is 31.6 Å². The van der Waals surface area contributed by atoms with Crippen molar-refractivity contribution < 1.29 is 22.8 Å². The molecule has 3 heterocycles. The number of amides is 2. The molecule has 4 aromatic rings. The van der Waals surface area contributed by atoms with E-state index in [0.29, 0.717) is 11.1 Å². The highest BCUT2D eigenvalue weighted by atomic mass is 19.4. The van der Waals surface area contributed by atoms with Gasteiger partial charge in [-0.15, -0.1) is 0 Å². The lowest BCUT2D eigenvalue weighted by molar-refractivity contribution is -0.140. The van der Waals surface area contributed by atoms with Crippen LogP contribution in [0.4, 0.5) is 18.9 Å². The van der Waals surface area contributed by atoms with E-state index < -0.39 is 29.4 Å². The van der Waals surface area contributed by atoms with Gasteiger partial charge in [0.05, 0.1) is 34.7 Å². The largest absolute Gasteiger partial charge is 0.437 e. The Morgan fingerprint density at radius 2 is 1.89 bits per heavy atom. The van der Waals surface area contributed by atoms with Gasteiger partial charge in [0, 0.05) is 5.39 Å². The number of pyridine rings is 2. The molecule has 0 aliphatic heterocycles. The molecule has 35 heavy (non-hydrogen) atoms. The van der Waals surface area contributed by atoms with E-state index >= 15 is 0 Å². The van der Waals surface area contributed by atoms with Crippen molar-refractivity contribution in [3.05, 3.63) is 82.6 Å². The number of nitrogens with two attached hydrogens (primary N) is 1. The van der Waals surface area contributed by atoms with Crippen molar-refractivity contribution in [3.8, 4) is 6.07 Å². The van der Waals surface area contributed by atoms with Gasteiger partial charge in [0.25, 0.3) is 5.91 Å². The number of nitrogens with one attached hydrogen (secondary N) is 1. The van der Waals surface area contributed by atoms with E-state index in [-0.39, 0.29) is 34.7 Å². The molecule has 2 amide bonds. The molecule has 3 N–H and O–H groups in total. The number of anilines is 1. The van der Waals surface area contributed by atoms with E-state index in [1.54, 1.807) is 30.3 Å². The van der Waals surface area contributed by atoms with Crippen LogP contribution in [0.5, 0.6) is 0 Å². The van der Waals surface area contributed by atoms with E-state index in [4.69, 9.17) is 11.0 Å². The Balaban J connectivity index is 1.74. The Morgan fingerprint density at radius 1 is 1.14 bits per heavy atom. The van der Waals surface area contributed by atoms with Gasteiger partial charge in [-0.1, -0.05) is 24.3 Å². The minimum Gasteiger partial charge on any atom is -0.366 e. The topological polar surface area (TPSA) is 140 Å². The summed E-state index contributed by atoms with van der Waals surface area (Å²) >= 11 is 0. The molecule has 3 aromatic heterocycles. The highest BCUT2D eigenvalue weighted by Gasteiger charge is 2.39. The zero-order valence-electron chi connectivity index (χ0n) is 18.1. The summed E-state index contributed by atoms with van der Waals surface area (Å²) in [6.45, 7) is 1.19. The second kappa shape index (κ2) is 8.86. The first kappa shape index (κ1) is 23.4. The summed E-state index contributed by atoms with van der Waals surface area (Å²) in [5, 5.41) is 15.3. The molecule has 9 nitrogen and oxygen atoms in total. The second-order valence-electron chi connectivity index (χ2n) is 7.48. The van der Waals surface area contributed by atoms with Crippen molar-refractivity contribution in [2.75, 3.05) is 5.32 Å². The third-order valence-electron chi connectivity index (χ3n) is 5.16. The van der Waals surface area contributed by atoms with Crippen LogP contribution in [0.15, 0.2) is 48.5 Å². The van der Waals surface area contributed by atoms with Gasteiger partial charge in [-0.3, -0.25) is 14.3 Å². The van der Waals surface area contributed by atoms with Crippen LogP contribution in [0.1, 0.15) is 43.6 Å². The van der Waals surface area contributed by atoms with Crippen LogP contribution in [0.2, 0.25) is 0 Å². The molecular weight excluding hydrogens is 463 g/mol. The smallest absolute Gasteiger partial charge is 0.366 e. The van der Waals surface area contributed by atoms with Crippen LogP contribution < -0.4 is 11.1 Å². The van der Waals surface area contributed by atoms with E-state index in [2.05, 4.69) is 20.4 Å². The van der Waals surface area contributed by atoms with Crippen molar-refractivity contribution in [2.24, 2.45) is 5.73 Å². The van der Waals surface area contributed by atoms with Gasteiger partial charge in [0.1, 0.15) is 17.5 Å². The summed E-state index contributed by atoms with van der Waals surface area (Å²) in [4.78, 5) is 33.0. The molecule has 0 radical (unpaired) electrons. The molecule has 0 aliphatic carbocycles. The lowest BCUT2D eigenvalue weighted by Crippen LogP contribution is -2.19. The molecule has 0 aliphatic rings. The SMILES string of the molecule is Cc1c(NC(=O)c2cc(C(N)=O)c3ccccc3n2)c(C(F)(F)F)nn1Cc1cccc(C#N)n1. The number of hydrogen-bond donors (Lipinski definition) is 2. The first-order valence-electron chi connectivity index (χ1n) is 10.1. The Morgan fingerprint density at radius 3 is 2.57 bits per heavy atom. The summed E-state index contributed by atoms with van der Waals surface area (Å²) in [5.41, 5.74) is 3.96. The fourth-order valence-electron chi connectivity index (χ4n) is 3.50. The highest BCUT2D eigenvalue weighted by molar-refractivity contribution is 6.10. The molecule has 0 fully saturated rings. The van der Waals surface area contributed by atoms with Crippen LogP contribution in [0.25, 0.3) is 10.9 Å². The fraction of sp³-hybridized carbons (Fsp3) is 0.130. The highest BCUT2D eigenvalue weighted by Crippen LogP contribution is 2.36. The summed E-state index contributed by atoms with van der Waals surface area (Å²) in [6.07, 6.45) is -4.88. The molecule has 0 saturated heterocycles. The van der Waals surface area contributed by atoms with E-state index in [9.17, 15) is 22.8 Å². The number of hydrogen-bond acceptors (Lipinski definition) is 6.